The second-order valence-corrected chi connectivity index (χ2v) is 14.3. The van der Waals surface area contributed by atoms with Crippen LogP contribution in [0.5, 0.6) is 0 Å². The summed E-state index contributed by atoms with van der Waals surface area (Å²) in [5.41, 5.74) is 1.34. The van der Waals surface area contributed by atoms with Gasteiger partial charge in [-0.15, -0.1) is 0 Å². The molecular weight excluding hydrogens is 282 g/mol. The highest BCUT2D eigenvalue weighted by molar-refractivity contribution is 6.82. The molecule has 1 aromatic heterocycles. The van der Waals surface area contributed by atoms with Crippen molar-refractivity contribution in [3.05, 3.63) is 30.1 Å². The van der Waals surface area contributed by atoms with Crippen LogP contribution in [0, 0.1) is 11.8 Å². The molecule has 2 heterocycles. The summed E-state index contributed by atoms with van der Waals surface area (Å²) in [6, 6.07) is 10.8. The molecule has 1 nitrogen and oxygen atoms in total. The molecule has 2 heteroatoms. The Hall–Kier alpha value is -0.633. The van der Waals surface area contributed by atoms with Gasteiger partial charge in [0.25, 0.3) is 0 Å². The summed E-state index contributed by atoms with van der Waals surface area (Å²) < 4.78 is 0. The van der Waals surface area contributed by atoms with Gasteiger partial charge in [-0.25, -0.2) is 0 Å². The lowest BCUT2D eigenvalue weighted by molar-refractivity contribution is 0.459. The minimum atomic E-state index is -1.28. The average molecular weight is 318 g/mol. The van der Waals surface area contributed by atoms with Crippen molar-refractivity contribution in [2.75, 3.05) is 0 Å². The van der Waals surface area contributed by atoms with Crippen LogP contribution in [0.3, 0.4) is 0 Å². The first-order valence-corrected chi connectivity index (χ1v) is 11.8. The molecule has 0 aliphatic carbocycles. The van der Waals surface area contributed by atoms with E-state index in [0.29, 0.717) is 5.04 Å². The average Bonchev–Trinajstić information content (AvgIpc) is 2.84. The molecule has 1 fully saturated rings. The Balaban J connectivity index is 2.03. The summed E-state index contributed by atoms with van der Waals surface area (Å²) in [5, 5.41) is 0.497. The molecule has 0 aromatic carbocycles. The van der Waals surface area contributed by atoms with Crippen LogP contribution in [0.4, 0.5) is 0 Å². The third-order valence-corrected chi connectivity index (χ3v) is 12.8. The zero-order chi connectivity index (χ0) is 16.2. The predicted octanol–water partition coefficient (Wildman–Crippen LogP) is 6.26. The van der Waals surface area contributed by atoms with E-state index >= 15 is 0 Å². The van der Waals surface area contributed by atoms with E-state index in [1.165, 1.54) is 49.5 Å². The zero-order valence-electron chi connectivity index (χ0n) is 15.4. The first kappa shape index (κ1) is 17.7. The van der Waals surface area contributed by atoms with E-state index in [2.05, 4.69) is 51.7 Å². The van der Waals surface area contributed by atoms with Gasteiger partial charge in [-0.1, -0.05) is 78.5 Å². The highest BCUT2D eigenvalue weighted by Crippen LogP contribution is 2.52. The van der Waals surface area contributed by atoms with E-state index < -0.39 is 8.07 Å². The van der Waals surface area contributed by atoms with Gasteiger partial charge in [-0.3, -0.25) is 4.98 Å². The van der Waals surface area contributed by atoms with Gasteiger partial charge < -0.3 is 0 Å². The highest BCUT2D eigenvalue weighted by Gasteiger charge is 2.49. The molecular formula is C20H35NSi. The van der Waals surface area contributed by atoms with Crippen LogP contribution < -0.4 is 0 Å². The highest BCUT2D eigenvalue weighted by atomic mass is 28.3. The van der Waals surface area contributed by atoms with E-state index in [4.69, 9.17) is 0 Å². The maximum Gasteiger partial charge on any atom is 0.0653 e. The van der Waals surface area contributed by atoms with Crippen LogP contribution in [0.1, 0.15) is 66.0 Å². The van der Waals surface area contributed by atoms with Crippen LogP contribution >= 0.6 is 0 Å². The van der Waals surface area contributed by atoms with E-state index in [-0.39, 0.29) is 0 Å². The van der Waals surface area contributed by atoms with Crippen molar-refractivity contribution in [1.29, 1.82) is 0 Å². The number of rotatable bonds is 6. The second-order valence-electron chi connectivity index (χ2n) is 8.96. The second kappa shape index (κ2) is 7.29. The van der Waals surface area contributed by atoms with Gasteiger partial charge in [0, 0.05) is 11.9 Å². The fraction of sp³-hybridized carbons (Fsp3) is 0.750. The number of aromatic nitrogens is 1. The van der Waals surface area contributed by atoms with Crippen LogP contribution in [0.15, 0.2) is 24.4 Å². The summed E-state index contributed by atoms with van der Waals surface area (Å²) in [6.07, 6.45) is 7.75. The maximum atomic E-state index is 4.65. The van der Waals surface area contributed by atoms with Gasteiger partial charge in [0.1, 0.15) is 0 Å². The van der Waals surface area contributed by atoms with E-state index in [9.17, 15) is 0 Å². The van der Waals surface area contributed by atoms with Crippen molar-refractivity contribution in [3.63, 3.8) is 0 Å². The molecule has 2 rings (SSSR count). The molecule has 1 aromatic rings. The summed E-state index contributed by atoms with van der Waals surface area (Å²) in [6.45, 7) is 12.2. The SMILES string of the molecule is CC(C)CCCC1CC[Si](Cc2ccccn2)(C(C)(C)C)C1. The summed E-state index contributed by atoms with van der Waals surface area (Å²) >= 11 is 0. The Labute approximate surface area is 139 Å². The van der Waals surface area contributed by atoms with Gasteiger partial charge in [0.05, 0.1) is 8.07 Å². The summed E-state index contributed by atoms with van der Waals surface area (Å²) in [5.74, 6) is 1.85. The monoisotopic (exact) mass is 317 g/mol. The molecule has 0 spiro atoms. The van der Waals surface area contributed by atoms with Gasteiger partial charge in [-0.05, 0) is 35.1 Å². The first-order chi connectivity index (χ1) is 10.3. The first-order valence-electron chi connectivity index (χ1n) is 9.22. The Morgan fingerprint density at radius 2 is 2.05 bits per heavy atom. The molecule has 0 N–H and O–H groups in total. The van der Waals surface area contributed by atoms with Crippen LogP contribution in [-0.2, 0) is 6.04 Å². The standard InChI is InChI=1S/C20H35NSi/c1-17(2)9-8-10-18-12-14-22(15-18,20(3,4)5)16-19-11-6-7-13-21-19/h6-7,11,13,17-18H,8-10,12,14-16H2,1-5H3. The molecule has 0 amide bonds. The molecule has 2 atom stereocenters. The van der Waals surface area contributed by atoms with Crippen molar-refractivity contribution in [1.82, 2.24) is 4.98 Å². The van der Waals surface area contributed by atoms with Gasteiger partial charge in [-0.2, -0.15) is 0 Å². The Kier molecular flexibility index (Phi) is 5.87. The quantitative estimate of drug-likeness (QED) is 0.564. The van der Waals surface area contributed by atoms with Crippen LogP contribution in [0.25, 0.3) is 0 Å². The Morgan fingerprint density at radius 3 is 2.64 bits per heavy atom. The van der Waals surface area contributed by atoms with Gasteiger partial charge in [0.2, 0.25) is 0 Å². The molecule has 2 unspecified atom stereocenters. The lowest BCUT2D eigenvalue weighted by Gasteiger charge is -2.40. The smallest absolute Gasteiger partial charge is 0.0653 e. The minimum Gasteiger partial charge on any atom is -0.262 e. The lowest BCUT2D eigenvalue weighted by atomic mass is 9.98. The summed E-state index contributed by atoms with van der Waals surface area (Å²) in [7, 11) is -1.28. The molecule has 0 radical (unpaired) electrons. The van der Waals surface area contributed by atoms with Crippen molar-refractivity contribution < 1.29 is 0 Å². The molecule has 0 bridgehead atoms. The van der Waals surface area contributed by atoms with E-state index in [0.717, 1.165) is 11.8 Å². The molecule has 1 saturated heterocycles. The normalized spacial score (nSPS) is 25.8. The fourth-order valence-electron chi connectivity index (χ4n) is 4.25. The van der Waals surface area contributed by atoms with Gasteiger partial charge >= 0.3 is 0 Å². The number of hydrogen-bond donors (Lipinski definition) is 0. The lowest BCUT2D eigenvalue weighted by Crippen LogP contribution is -2.44. The maximum absolute atomic E-state index is 4.65. The number of pyridine rings is 1. The van der Waals surface area contributed by atoms with E-state index in [1.807, 2.05) is 12.3 Å². The van der Waals surface area contributed by atoms with Crippen LogP contribution in [0.2, 0.25) is 17.1 Å². The minimum absolute atomic E-state index is 0.497. The zero-order valence-corrected chi connectivity index (χ0v) is 16.4. The Morgan fingerprint density at radius 1 is 1.27 bits per heavy atom. The van der Waals surface area contributed by atoms with Gasteiger partial charge in [0.15, 0.2) is 0 Å². The molecule has 22 heavy (non-hydrogen) atoms. The predicted molar refractivity (Wildman–Crippen MR) is 99.8 cm³/mol. The number of nitrogens with zero attached hydrogens (tertiary/aromatic N) is 1. The topological polar surface area (TPSA) is 12.9 Å². The van der Waals surface area contributed by atoms with Crippen molar-refractivity contribution in [2.45, 2.75) is 83.5 Å². The third-order valence-electron chi connectivity index (χ3n) is 5.94. The van der Waals surface area contributed by atoms with Crippen molar-refractivity contribution in [3.8, 4) is 0 Å². The van der Waals surface area contributed by atoms with Crippen LogP contribution in [-0.4, -0.2) is 13.1 Å². The van der Waals surface area contributed by atoms with Crippen molar-refractivity contribution in [2.24, 2.45) is 11.8 Å². The largest absolute Gasteiger partial charge is 0.262 e. The molecule has 0 saturated carbocycles. The molecule has 1 aliphatic rings. The number of hydrogen-bond acceptors (Lipinski definition) is 1. The third kappa shape index (κ3) is 4.44. The van der Waals surface area contributed by atoms with E-state index in [1.54, 1.807) is 0 Å². The summed E-state index contributed by atoms with van der Waals surface area (Å²) in [4.78, 5) is 4.65. The molecule has 1 aliphatic heterocycles. The van der Waals surface area contributed by atoms with Crippen molar-refractivity contribution >= 4 is 8.07 Å². The fourth-order valence-corrected chi connectivity index (χ4v) is 10.0. The Bertz CT molecular complexity index is 449. The molecule has 124 valence electrons.